The van der Waals surface area contributed by atoms with Gasteiger partial charge in [-0.3, -0.25) is 6.08 Å². The molecule has 0 nitrogen and oxygen atoms in total. The van der Waals surface area contributed by atoms with Crippen LogP contribution in [0.4, 0.5) is 0 Å². The molecule has 1 aliphatic carbocycles. The van der Waals surface area contributed by atoms with Gasteiger partial charge in [-0.2, -0.15) is 6.08 Å². The molecule has 0 N–H and O–H groups in total. The van der Waals surface area contributed by atoms with E-state index in [9.17, 15) is 0 Å². The second-order valence-electron chi connectivity index (χ2n) is 5.35. The van der Waals surface area contributed by atoms with Gasteiger partial charge in [0.2, 0.25) is 0 Å². The molecule has 26 heavy (non-hydrogen) atoms. The summed E-state index contributed by atoms with van der Waals surface area (Å²) in [4.78, 5) is 0. The van der Waals surface area contributed by atoms with Crippen LogP contribution in [0, 0.1) is 6.08 Å². The topological polar surface area (TPSA) is 0 Å². The number of halogens is 1. The molecule has 0 spiro atoms. The first kappa shape index (κ1) is 22.4. The zero-order valence-electron chi connectivity index (χ0n) is 14.2. The molecule has 0 atom stereocenters. The van der Waals surface area contributed by atoms with E-state index in [1.54, 1.807) is 0 Å². The van der Waals surface area contributed by atoms with Crippen LogP contribution >= 0.6 is 7.92 Å². The second kappa shape index (κ2) is 12.7. The molecule has 0 heterocycles. The van der Waals surface area contributed by atoms with E-state index >= 15 is 0 Å². The Morgan fingerprint density at radius 2 is 1.00 bits per heavy atom. The minimum atomic E-state index is -0.446. The molecule has 0 fully saturated rings. The van der Waals surface area contributed by atoms with Crippen molar-refractivity contribution in [2.24, 2.45) is 0 Å². The van der Waals surface area contributed by atoms with E-state index in [4.69, 9.17) is 0 Å². The van der Waals surface area contributed by atoms with Crippen LogP contribution in [0.25, 0.3) is 0 Å². The summed E-state index contributed by atoms with van der Waals surface area (Å²) in [5, 5.41) is 4.19. The number of hydrogen-bond donors (Lipinski definition) is 0. The molecule has 3 aromatic rings. The number of allylic oxidation sites excluding steroid dienone is 4. The van der Waals surface area contributed by atoms with Crippen molar-refractivity contribution in [3.05, 3.63) is 115 Å². The van der Waals surface area contributed by atoms with Crippen molar-refractivity contribution in [1.82, 2.24) is 0 Å². The van der Waals surface area contributed by atoms with Gasteiger partial charge in [-0.25, -0.2) is 12.2 Å². The predicted octanol–water partition coefficient (Wildman–Crippen LogP) is 1.75. The predicted molar refractivity (Wildman–Crippen MR) is 107 cm³/mol. The van der Waals surface area contributed by atoms with Crippen molar-refractivity contribution in [1.29, 1.82) is 0 Å². The quantitative estimate of drug-likeness (QED) is 0.344. The van der Waals surface area contributed by atoms with Crippen LogP contribution < -0.4 is 28.3 Å². The minimum absolute atomic E-state index is 0. The molecule has 134 valence electrons. The fraction of sp³-hybridized carbons (Fsp3) is 0.0435. The van der Waals surface area contributed by atoms with Crippen molar-refractivity contribution < 1.29 is 28.9 Å². The van der Waals surface area contributed by atoms with Gasteiger partial charge in [-0.15, -0.1) is 6.42 Å². The summed E-state index contributed by atoms with van der Waals surface area (Å²) in [5.41, 5.74) is 0. The molecule has 0 bridgehead atoms. The van der Waals surface area contributed by atoms with Gasteiger partial charge in [-0.1, -0.05) is 91.0 Å². The van der Waals surface area contributed by atoms with Crippen molar-refractivity contribution in [3.8, 4) is 0 Å². The largest absolute Gasteiger partial charge is 2.00 e. The van der Waals surface area contributed by atoms with Crippen molar-refractivity contribution in [2.45, 2.75) is 6.42 Å². The summed E-state index contributed by atoms with van der Waals surface area (Å²) in [7, 11) is -0.446. The summed E-state index contributed by atoms with van der Waals surface area (Å²) >= 11 is 0. The van der Waals surface area contributed by atoms with E-state index in [-0.39, 0.29) is 28.9 Å². The average molecular weight is 422 g/mol. The maximum atomic E-state index is 2.99. The van der Waals surface area contributed by atoms with Gasteiger partial charge < -0.3 is 12.4 Å². The van der Waals surface area contributed by atoms with Crippen molar-refractivity contribution in [3.63, 3.8) is 0 Å². The zero-order valence-corrected chi connectivity index (χ0v) is 16.9. The molecule has 0 aromatic heterocycles. The fourth-order valence-corrected chi connectivity index (χ4v) is 4.82. The van der Waals surface area contributed by atoms with E-state index in [1.165, 1.54) is 15.9 Å². The maximum Gasteiger partial charge on any atom is 2.00 e. The molecule has 3 heteroatoms. The third-order valence-electron chi connectivity index (χ3n) is 3.63. The van der Waals surface area contributed by atoms with Crippen LogP contribution in [0.1, 0.15) is 6.42 Å². The maximum absolute atomic E-state index is 2.99. The third-order valence-corrected chi connectivity index (χ3v) is 6.07. The van der Waals surface area contributed by atoms with E-state index < -0.39 is 7.92 Å². The first-order valence-electron chi connectivity index (χ1n) is 8.12. The summed E-state index contributed by atoms with van der Waals surface area (Å²) in [5.74, 6) is 0. The molecule has 0 unspecified atom stereocenters. The number of rotatable bonds is 3. The number of hydrogen-bond acceptors (Lipinski definition) is 0. The Balaban J connectivity index is 0.000000421. The smallest absolute Gasteiger partial charge is 1.00 e. The Bertz CT molecular complexity index is 682. The minimum Gasteiger partial charge on any atom is -1.00 e. The van der Waals surface area contributed by atoms with Crippen LogP contribution in [0.15, 0.2) is 109 Å². The molecule has 0 amide bonds. The molecule has 0 saturated carbocycles. The van der Waals surface area contributed by atoms with Crippen LogP contribution in [0.3, 0.4) is 0 Å². The van der Waals surface area contributed by atoms with Crippen molar-refractivity contribution >= 4 is 23.8 Å². The first-order valence-corrected chi connectivity index (χ1v) is 9.46. The van der Waals surface area contributed by atoms with Gasteiger partial charge >= 0.3 is 16.5 Å². The molecular formula is C23H20ClNiP. The van der Waals surface area contributed by atoms with Gasteiger partial charge in [0.15, 0.2) is 0 Å². The van der Waals surface area contributed by atoms with Gasteiger partial charge in [0.1, 0.15) is 0 Å². The SMILES string of the molecule is [C-]1=CC=CC1.[Cl-].[Ni+2].c1ccc(P(c2ccccc2)c2ccccc2)cc1. The van der Waals surface area contributed by atoms with Gasteiger partial charge in [0.25, 0.3) is 0 Å². The van der Waals surface area contributed by atoms with Crippen molar-refractivity contribution in [2.75, 3.05) is 0 Å². The Labute approximate surface area is 174 Å². The Morgan fingerprint density at radius 3 is 1.23 bits per heavy atom. The monoisotopic (exact) mass is 420 g/mol. The Hall–Kier alpha value is -1.65. The Kier molecular flexibility index (Phi) is 10.9. The van der Waals surface area contributed by atoms with Crippen LogP contribution in [-0.4, -0.2) is 0 Å². The summed E-state index contributed by atoms with van der Waals surface area (Å²) < 4.78 is 0. The molecule has 4 rings (SSSR count). The number of benzene rings is 3. The van der Waals surface area contributed by atoms with E-state index in [0.717, 1.165) is 6.42 Å². The van der Waals surface area contributed by atoms with Crippen LogP contribution in [-0.2, 0) is 16.5 Å². The summed E-state index contributed by atoms with van der Waals surface area (Å²) in [6.45, 7) is 0. The Morgan fingerprint density at radius 1 is 0.615 bits per heavy atom. The van der Waals surface area contributed by atoms with E-state index in [1.807, 2.05) is 12.2 Å². The molecule has 0 radical (unpaired) electrons. The van der Waals surface area contributed by atoms with Gasteiger partial charge in [0, 0.05) is 0 Å². The van der Waals surface area contributed by atoms with Gasteiger partial charge in [0.05, 0.1) is 0 Å². The molecule has 0 aliphatic heterocycles. The van der Waals surface area contributed by atoms with Crippen LogP contribution in [0.5, 0.6) is 0 Å². The summed E-state index contributed by atoms with van der Waals surface area (Å²) in [6.07, 6.45) is 10.0. The molecule has 3 aromatic carbocycles. The summed E-state index contributed by atoms with van der Waals surface area (Å²) in [6, 6.07) is 32.3. The normalized spacial score (nSPS) is 11.1. The van der Waals surface area contributed by atoms with E-state index in [2.05, 4.69) is 103 Å². The molecule has 0 saturated heterocycles. The molecule has 1 aliphatic rings. The van der Waals surface area contributed by atoms with E-state index in [0.29, 0.717) is 0 Å². The molecular weight excluding hydrogens is 401 g/mol. The fourth-order valence-electron chi connectivity index (χ4n) is 2.52. The average Bonchev–Trinajstić information content (AvgIpc) is 3.25. The zero-order chi connectivity index (χ0) is 16.5. The van der Waals surface area contributed by atoms with Crippen LogP contribution in [0.2, 0.25) is 0 Å². The first-order chi connectivity index (χ1) is 11.9. The third kappa shape index (κ3) is 6.58. The standard InChI is InChI=1S/C18H15P.C5H5.ClH.Ni/c1-4-10-16(11-5-1)19(17-12-6-2-7-13-17)18-14-8-3-9-15-18;1-2-4-5-3-1;;/h1-15H;1-3H,4H2;1H;/q;-1;;+2/p-1. The second-order valence-corrected chi connectivity index (χ2v) is 7.57. The van der Waals surface area contributed by atoms with Gasteiger partial charge in [-0.05, 0) is 23.8 Å².